The number of hydrogen-bond donors (Lipinski definition) is 1. The van der Waals surface area contributed by atoms with Crippen LogP contribution in [0.15, 0.2) is 10.9 Å². The lowest BCUT2D eigenvalue weighted by Gasteiger charge is -2.11. The van der Waals surface area contributed by atoms with Gasteiger partial charge in [0, 0.05) is 25.4 Å². The molecule has 2 aromatic rings. The minimum Gasteiger partial charge on any atom is -0.395 e. The molecule has 2 aromatic heterocycles. The molecule has 18 heavy (non-hydrogen) atoms. The first kappa shape index (κ1) is 13.0. The van der Waals surface area contributed by atoms with Gasteiger partial charge in [0.15, 0.2) is 0 Å². The minimum atomic E-state index is -0.150. The van der Waals surface area contributed by atoms with E-state index in [1.165, 1.54) is 21.9 Å². The molecule has 1 N–H and O–H groups in total. The molecule has 0 saturated carbocycles. The molecule has 0 aliphatic carbocycles. The third-order valence-electron chi connectivity index (χ3n) is 2.56. The summed E-state index contributed by atoms with van der Waals surface area (Å²) in [6, 6.07) is 1.53. The van der Waals surface area contributed by atoms with Crippen molar-refractivity contribution >= 4 is 21.4 Å². The van der Waals surface area contributed by atoms with E-state index in [1.807, 2.05) is 7.05 Å². The molecular formula is C11H16N4O2S. The highest BCUT2D eigenvalue weighted by molar-refractivity contribution is 7.20. The summed E-state index contributed by atoms with van der Waals surface area (Å²) in [5.74, 6) is 0. The maximum Gasteiger partial charge on any atom is 0.275 e. The van der Waals surface area contributed by atoms with Crippen molar-refractivity contribution in [2.75, 3.05) is 25.1 Å². The Hall–Kier alpha value is -1.47. The number of fused-ring (bicyclic) bond motifs is 1. The van der Waals surface area contributed by atoms with Crippen LogP contribution in [0.3, 0.4) is 0 Å². The summed E-state index contributed by atoms with van der Waals surface area (Å²) in [4.78, 5) is 18.7. The molecule has 0 aromatic carbocycles. The van der Waals surface area contributed by atoms with E-state index in [9.17, 15) is 4.79 Å². The van der Waals surface area contributed by atoms with Crippen LogP contribution in [-0.4, -0.2) is 39.9 Å². The van der Waals surface area contributed by atoms with Crippen molar-refractivity contribution in [3.8, 4) is 0 Å². The maximum absolute atomic E-state index is 11.9. The van der Waals surface area contributed by atoms with Crippen LogP contribution in [-0.2, 0) is 6.42 Å². The SMILES string of the molecule is CCCc1cc(=O)n2nc(N(C)CCO)sc2n1. The molecule has 2 heterocycles. The number of anilines is 1. The molecule has 0 atom stereocenters. The summed E-state index contributed by atoms with van der Waals surface area (Å²) < 4.78 is 1.31. The van der Waals surface area contributed by atoms with Crippen molar-refractivity contribution in [2.24, 2.45) is 0 Å². The number of hydrogen-bond acceptors (Lipinski definition) is 6. The van der Waals surface area contributed by atoms with Crippen molar-refractivity contribution < 1.29 is 5.11 Å². The van der Waals surface area contributed by atoms with Crippen molar-refractivity contribution in [1.82, 2.24) is 14.6 Å². The Morgan fingerprint density at radius 2 is 2.33 bits per heavy atom. The van der Waals surface area contributed by atoms with Gasteiger partial charge in [-0.2, -0.15) is 4.52 Å². The highest BCUT2D eigenvalue weighted by Gasteiger charge is 2.11. The van der Waals surface area contributed by atoms with E-state index in [0.29, 0.717) is 16.6 Å². The number of rotatable bonds is 5. The van der Waals surface area contributed by atoms with Gasteiger partial charge < -0.3 is 10.0 Å². The lowest BCUT2D eigenvalue weighted by Crippen LogP contribution is -2.22. The average Bonchev–Trinajstić information content (AvgIpc) is 2.74. The van der Waals surface area contributed by atoms with Crippen molar-refractivity contribution in [1.29, 1.82) is 0 Å². The third kappa shape index (κ3) is 2.51. The molecule has 0 aliphatic heterocycles. The Morgan fingerprint density at radius 3 is 3.00 bits per heavy atom. The number of aromatic nitrogens is 3. The van der Waals surface area contributed by atoms with Crippen LogP contribution >= 0.6 is 11.3 Å². The van der Waals surface area contributed by atoms with E-state index in [0.717, 1.165) is 18.5 Å². The largest absolute Gasteiger partial charge is 0.395 e. The molecule has 0 saturated heterocycles. The molecule has 2 rings (SSSR count). The smallest absolute Gasteiger partial charge is 0.275 e. The molecule has 0 radical (unpaired) electrons. The molecule has 0 unspecified atom stereocenters. The van der Waals surface area contributed by atoms with Gasteiger partial charge in [0.2, 0.25) is 10.1 Å². The lowest BCUT2D eigenvalue weighted by molar-refractivity contribution is 0.304. The van der Waals surface area contributed by atoms with Gasteiger partial charge in [0.05, 0.1) is 6.61 Å². The second kappa shape index (κ2) is 5.45. The first-order chi connectivity index (χ1) is 8.65. The fourth-order valence-corrected chi connectivity index (χ4v) is 2.54. The Balaban J connectivity index is 2.44. The van der Waals surface area contributed by atoms with Gasteiger partial charge >= 0.3 is 0 Å². The molecule has 98 valence electrons. The van der Waals surface area contributed by atoms with Crippen LogP contribution in [0.5, 0.6) is 0 Å². The van der Waals surface area contributed by atoms with E-state index < -0.39 is 0 Å². The molecule has 7 heteroatoms. The zero-order valence-corrected chi connectivity index (χ0v) is 11.3. The quantitative estimate of drug-likeness (QED) is 0.856. The van der Waals surface area contributed by atoms with Gasteiger partial charge in [-0.3, -0.25) is 4.79 Å². The number of aryl methyl sites for hydroxylation is 1. The van der Waals surface area contributed by atoms with Gasteiger partial charge in [-0.25, -0.2) is 4.98 Å². The normalized spacial score (nSPS) is 11.1. The van der Waals surface area contributed by atoms with Crippen molar-refractivity contribution in [3.05, 3.63) is 22.1 Å². The first-order valence-electron chi connectivity index (χ1n) is 5.87. The van der Waals surface area contributed by atoms with Crippen molar-refractivity contribution in [2.45, 2.75) is 19.8 Å². The van der Waals surface area contributed by atoms with Crippen LogP contribution in [0.1, 0.15) is 19.0 Å². The van der Waals surface area contributed by atoms with E-state index >= 15 is 0 Å². The molecule has 0 bridgehead atoms. The van der Waals surface area contributed by atoms with E-state index in [-0.39, 0.29) is 12.2 Å². The Labute approximate surface area is 109 Å². The fraction of sp³-hybridized carbons (Fsp3) is 0.545. The Morgan fingerprint density at radius 1 is 1.56 bits per heavy atom. The second-order valence-electron chi connectivity index (χ2n) is 4.06. The molecule has 0 spiro atoms. The predicted octanol–water partition coefficient (Wildman–Crippen LogP) is 0.532. The molecule has 0 amide bonds. The zero-order chi connectivity index (χ0) is 13.1. The van der Waals surface area contributed by atoms with Gasteiger partial charge in [0.25, 0.3) is 5.56 Å². The van der Waals surface area contributed by atoms with E-state index in [2.05, 4.69) is 17.0 Å². The standard InChI is InChI=1S/C11H16N4O2S/c1-3-4-8-7-9(17)15-10(12-8)18-11(13-15)14(2)5-6-16/h7,16H,3-6H2,1-2H3. The second-order valence-corrected chi connectivity index (χ2v) is 4.99. The van der Waals surface area contributed by atoms with Crippen molar-refractivity contribution in [3.63, 3.8) is 0 Å². The number of aliphatic hydroxyl groups excluding tert-OH is 1. The zero-order valence-electron chi connectivity index (χ0n) is 10.5. The molecular weight excluding hydrogens is 252 g/mol. The third-order valence-corrected chi connectivity index (χ3v) is 3.58. The summed E-state index contributed by atoms with van der Waals surface area (Å²) in [6.45, 7) is 2.59. The van der Waals surface area contributed by atoms with Gasteiger partial charge in [0.1, 0.15) is 0 Å². The maximum atomic E-state index is 11.9. The van der Waals surface area contributed by atoms with Gasteiger partial charge in [-0.1, -0.05) is 24.7 Å². The molecule has 0 aliphatic rings. The number of nitrogens with zero attached hydrogens (tertiary/aromatic N) is 4. The Bertz CT molecular complexity index is 592. The lowest BCUT2D eigenvalue weighted by atomic mass is 10.2. The van der Waals surface area contributed by atoms with Gasteiger partial charge in [-0.05, 0) is 6.42 Å². The van der Waals surface area contributed by atoms with Crippen LogP contribution < -0.4 is 10.5 Å². The predicted molar refractivity (Wildman–Crippen MR) is 71.5 cm³/mol. The fourth-order valence-electron chi connectivity index (χ4n) is 1.63. The topological polar surface area (TPSA) is 70.7 Å². The molecule has 6 nitrogen and oxygen atoms in total. The first-order valence-corrected chi connectivity index (χ1v) is 6.69. The highest BCUT2D eigenvalue weighted by Crippen LogP contribution is 2.19. The molecule has 0 fully saturated rings. The van der Waals surface area contributed by atoms with Crippen LogP contribution in [0.25, 0.3) is 4.96 Å². The Kier molecular flexibility index (Phi) is 3.93. The number of aliphatic hydroxyl groups is 1. The minimum absolute atomic E-state index is 0.0514. The summed E-state index contributed by atoms with van der Waals surface area (Å²) >= 11 is 1.36. The average molecular weight is 268 g/mol. The summed E-state index contributed by atoms with van der Waals surface area (Å²) in [6.07, 6.45) is 1.75. The monoisotopic (exact) mass is 268 g/mol. The van der Waals surface area contributed by atoms with Crippen LogP contribution in [0.4, 0.5) is 5.13 Å². The number of likely N-dealkylation sites (N-methyl/N-ethyl adjacent to an activating group) is 1. The van der Waals surface area contributed by atoms with Gasteiger partial charge in [-0.15, -0.1) is 5.10 Å². The summed E-state index contributed by atoms with van der Waals surface area (Å²) in [7, 11) is 1.83. The summed E-state index contributed by atoms with van der Waals surface area (Å²) in [5, 5.41) is 13.8. The highest BCUT2D eigenvalue weighted by atomic mass is 32.1. The van der Waals surface area contributed by atoms with Crippen LogP contribution in [0, 0.1) is 0 Å². The van der Waals surface area contributed by atoms with Crippen LogP contribution in [0.2, 0.25) is 0 Å². The van der Waals surface area contributed by atoms with E-state index in [4.69, 9.17) is 5.11 Å². The van der Waals surface area contributed by atoms with E-state index in [1.54, 1.807) is 4.90 Å². The summed E-state index contributed by atoms with van der Waals surface area (Å²) in [5.41, 5.74) is 0.658.